The molecule has 0 unspecified atom stereocenters. The Morgan fingerprint density at radius 1 is 0.270 bits per heavy atom. The first-order valence-corrected chi connectivity index (χ1v) is 21.1. The van der Waals surface area contributed by atoms with Gasteiger partial charge in [-0.2, -0.15) is 0 Å². The molecule has 3 aromatic heterocycles. The van der Waals surface area contributed by atoms with Crippen LogP contribution in [0.25, 0.3) is 122 Å². The zero-order valence-electron chi connectivity index (χ0n) is 34.0. The molecule has 0 N–H and O–H groups in total. The van der Waals surface area contributed by atoms with Crippen molar-refractivity contribution in [3.63, 3.8) is 0 Å². The topological polar surface area (TPSA) is 64.7 Å². The van der Waals surface area contributed by atoms with E-state index in [2.05, 4.69) is 170 Å². The van der Waals surface area contributed by atoms with E-state index in [0.29, 0.717) is 17.5 Å². The quantitative estimate of drug-likeness (QED) is 0.150. The summed E-state index contributed by atoms with van der Waals surface area (Å²) in [7, 11) is 0. The first kappa shape index (κ1) is 36.3. The van der Waals surface area contributed by atoms with Gasteiger partial charge in [-0.1, -0.05) is 176 Å². The lowest BCUT2D eigenvalue weighted by atomic mass is 9.89. The summed E-state index contributed by atoms with van der Waals surface area (Å²) < 4.78 is 6.69. The number of pyridine rings is 1. The highest BCUT2D eigenvalue weighted by Gasteiger charge is 2.23. The number of hydrogen-bond donors (Lipinski definition) is 0. The van der Waals surface area contributed by atoms with Crippen LogP contribution in [0.1, 0.15) is 0 Å². The zero-order valence-corrected chi connectivity index (χ0v) is 34.0. The normalized spacial score (nSPS) is 11.5. The molecule has 9 aromatic carbocycles. The van der Waals surface area contributed by atoms with Gasteiger partial charge in [0.1, 0.15) is 11.2 Å². The molecular formula is C58H36N4O. The molecule has 12 aromatic rings. The van der Waals surface area contributed by atoms with E-state index in [9.17, 15) is 0 Å². The lowest BCUT2D eigenvalue weighted by Gasteiger charge is -2.16. The third-order valence-corrected chi connectivity index (χ3v) is 11.9. The molecule has 0 spiro atoms. The Balaban J connectivity index is 1.12. The SMILES string of the molecule is c1ccc(-c2cc(-c3ccccc3)cc(-c3nc(-c4ccccc4)nc(-c4cccc(-c5c6c(cc7c(-c8ccccc8)nc8ccccc8c57)oc5ccccc56)c4)n3)c2)cc1. The number of furan rings is 1. The summed E-state index contributed by atoms with van der Waals surface area (Å²) in [5, 5.41) is 5.31. The first-order valence-electron chi connectivity index (χ1n) is 21.1. The van der Waals surface area contributed by atoms with E-state index < -0.39 is 0 Å². The van der Waals surface area contributed by atoms with Gasteiger partial charge in [-0.05, 0) is 70.3 Å². The number of nitrogens with zero attached hydrogens (tertiary/aromatic N) is 4. The van der Waals surface area contributed by atoms with Crippen molar-refractivity contribution >= 4 is 43.6 Å². The molecule has 294 valence electrons. The fourth-order valence-electron chi connectivity index (χ4n) is 8.94. The molecule has 63 heavy (non-hydrogen) atoms. The third kappa shape index (κ3) is 6.51. The molecule has 0 saturated carbocycles. The minimum atomic E-state index is 0.581. The molecular weight excluding hydrogens is 769 g/mol. The molecule has 0 saturated heterocycles. The average Bonchev–Trinajstić information content (AvgIpc) is 3.74. The predicted molar refractivity (Wildman–Crippen MR) is 258 cm³/mol. The van der Waals surface area contributed by atoms with Crippen LogP contribution in [0.4, 0.5) is 0 Å². The average molecular weight is 805 g/mol. The highest BCUT2D eigenvalue weighted by molar-refractivity contribution is 6.27. The van der Waals surface area contributed by atoms with Gasteiger partial charge >= 0.3 is 0 Å². The van der Waals surface area contributed by atoms with Gasteiger partial charge in [-0.25, -0.2) is 19.9 Å². The van der Waals surface area contributed by atoms with Crippen molar-refractivity contribution in [2.75, 3.05) is 0 Å². The van der Waals surface area contributed by atoms with Crippen molar-refractivity contribution in [1.29, 1.82) is 0 Å². The predicted octanol–water partition coefficient (Wildman–Crippen LogP) is 15.1. The van der Waals surface area contributed by atoms with Crippen molar-refractivity contribution in [2.24, 2.45) is 0 Å². The minimum Gasteiger partial charge on any atom is -0.456 e. The lowest BCUT2D eigenvalue weighted by molar-refractivity contribution is 0.669. The highest BCUT2D eigenvalue weighted by Crippen LogP contribution is 2.47. The second-order valence-corrected chi connectivity index (χ2v) is 15.8. The van der Waals surface area contributed by atoms with E-state index >= 15 is 0 Å². The highest BCUT2D eigenvalue weighted by atomic mass is 16.3. The van der Waals surface area contributed by atoms with E-state index in [4.69, 9.17) is 24.4 Å². The standard InChI is InChI=1S/C58H36N4O/c1-5-18-37(19-6-1)43-33-44(38-20-7-2-8-21-38)35-45(34-43)58-61-56(40-24-11-4-12-25-40)60-57(62-58)42-27-17-26-41(32-42)52-53-46-28-13-15-30-49(46)59-55(39-22-9-3-10-23-39)48(53)36-51-54(52)47-29-14-16-31-50(47)63-51/h1-36H. The van der Waals surface area contributed by atoms with Crippen LogP contribution in [0, 0.1) is 0 Å². The summed E-state index contributed by atoms with van der Waals surface area (Å²) in [6.07, 6.45) is 0. The number of fused-ring (bicyclic) bond motifs is 6. The van der Waals surface area contributed by atoms with Crippen LogP contribution in [0.5, 0.6) is 0 Å². The summed E-state index contributed by atoms with van der Waals surface area (Å²) in [5.74, 6) is 1.78. The van der Waals surface area contributed by atoms with Crippen LogP contribution in [-0.4, -0.2) is 19.9 Å². The Bertz CT molecular complexity index is 3600. The van der Waals surface area contributed by atoms with Crippen molar-refractivity contribution in [3.05, 3.63) is 218 Å². The van der Waals surface area contributed by atoms with Crippen LogP contribution in [0.15, 0.2) is 223 Å². The molecule has 0 fully saturated rings. The van der Waals surface area contributed by atoms with Crippen molar-refractivity contribution in [3.8, 4) is 78.8 Å². The molecule has 12 rings (SSSR count). The van der Waals surface area contributed by atoms with Crippen LogP contribution in [0.3, 0.4) is 0 Å². The third-order valence-electron chi connectivity index (χ3n) is 11.9. The molecule has 3 heterocycles. The lowest BCUT2D eigenvalue weighted by Crippen LogP contribution is -2.01. The Morgan fingerprint density at radius 3 is 1.41 bits per heavy atom. The van der Waals surface area contributed by atoms with Gasteiger partial charge in [0.25, 0.3) is 0 Å². The molecule has 0 radical (unpaired) electrons. The first-order chi connectivity index (χ1) is 31.2. The number of aromatic nitrogens is 4. The van der Waals surface area contributed by atoms with Gasteiger partial charge < -0.3 is 4.42 Å². The van der Waals surface area contributed by atoms with Crippen LogP contribution in [0.2, 0.25) is 0 Å². The molecule has 0 aliphatic rings. The molecule has 0 amide bonds. The fourth-order valence-corrected chi connectivity index (χ4v) is 8.94. The summed E-state index contributed by atoms with van der Waals surface area (Å²) in [6.45, 7) is 0. The Labute approximate surface area is 363 Å². The van der Waals surface area contributed by atoms with E-state index in [-0.39, 0.29) is 0 Å². The Kier molecular flexibility index (Phi) is 8.75. The van der Waals surface area contributed by atoms with Gasteiger partial charge in [0, 0.05) is 54.7 Å². The summed E-state index contributed by atoms with van der Waals surface area (Å²) in [5.41, 5.74) is 13.7. The van der Waals surface area contributed by atoms with Crippen LogP contribution < -0.4 is 0 Å². The molecule has 5 heteroatoms. The molecule has 0 bridgehead atoms. The van der Waals surface area contributed by atoms with Crippen molar-refractivity contribution < 1.29 is 4.42 Å². The maximum absolute atomic E-state index is 6.69. The monoisotopic (exact) mass is 804 g/mol. The molecule has 0 aliphatic heterocycles. The maximum atomic E-state index is 6.69. The number of rotatable bonds is 7. The second kappa shape index (κ2) is 15.2. The Morgan fingerprint density at radius 2 is 0.746 bits per heavy atom. The fraction of sp³-hybridized carbons (Fsp3) is 0. The minimum absolute atomic E-state index is 0.581. The van der Waals surface area contributed by atoms with Gasteiger partial charge in [0.05, 0.1) is 11.2 Å². The van der Waals surface area contributed by atoms with Crippen molar-refractivity contribution in [2.45, 2.75) is 0 Å². The molecule has 5 nitrogen and oxygen atoms in total. The zero-order chi connectivity index (χ0) is 41.7. The van der Waals surface area contributed by atoms with Crippen molar-refractivity contribution in [1.82, 2.24) is 19.9 Å². The number of benzene rings is 9. The van der Waals surface area contributed by atoms with E-state index in [1.165, 1.54) is 0 Å². The van der Waals surface area contributed by atoms with E-state index in [1.807, 2.05) is 48.5 Å². The Hall–Kier alpha value is -8.54. The summed E-state index contributed by atoms with van der Waals surface area (Å²) in [4.78, 5) is 21.0. The van der Waals surface area contributed by atoms with E-state index in [0.717, 1.165) is 105 Å². The maximum Gasteiger partial charge on any atom is 0.164 e. The number of hydrogen-bond acceptors (Lipinski definition) is 5. The van der Waals surface area contributed by atoms with Gasteiger partial charge in [0.15, 0.2) is 17.5 Å². The summed E-state index contributed by atoms with van der Waals surface area (Å²) >= 11 is 0. The number of para-hydroxylation sites is 2. The second-order valence-electron chi connectivity index (χ2n) is 15.8. The van der Waals surface area contributed by atoms with Crippen LogP contribution in [-0.2, 0) is 0 Å². The van der Waals surface area contributed by atoms with Gasteiger partial charge in [0.2, 0.25) is 0 Å². The van der Waals surface area contributed by atoms with Gasteiger partial charge in [-0.15, -0.1) is 0 Å². The van der Waals surface area contributed by atoms with E-state index in [1.54, 1.807) is 0 Å². The summed E-state index contributed by atoms with van der Waals surface area (Å²) in [6, 6.07) is 75.7. The smallest absolute Gasteiger partial charge is 0.164 e. The van der Waals surface area contributed by atoms with Gasteiger partial charge in [-0.3, -0.25) is 0 Å². The molecule has 0 atom stereocenters. The largest absolute Gasteiger partial charge is 0.456 e. The van der Waals surface area contributed by atoms with Crippen LogP contribution >= 0.6 is 0 Å². The molecule has 0 aliphatic carbocycles.